The molecule has 160 valence electrons. The van der Waals surface area contributed by atoms with Gasteiger partial charge >= 0.3 is 0 Å². The van der Waals surface area contributed by atoms with E-state index in [2.05, 4.69) is 21.3 Å². The van der Waals surface area contributed by atoms with Gasteiger partial charge < -0.3 is 15.0 Å². The molecule has 4 rings (SSSR count). The first-order valence-electron chi connectivity index (χ1n) is 10.5. The first-order chi connectivity index (χ1) is 15.1. The monoisotopic (exact) mass is 419 g/mol. The van der Waals surface area contributed by atoms with E-state index < -0.39 is 0 Å². The van der Waals surface area contributed by atoms with Crippen molar-refractivity contribution in [1.29, 1.82) is 5.26 Å². The molecule has 1 N–H and O–H groups in total. The Morgan fingerprint density at radius 1 is 1.16 bits per heavy atom. The van der Waals surface area contributed by atoms with Gasteiger partial charge in [-0.2, -0.15) is 5.26 Å². The van der Waals surface area contributed by atoms with Crippen LogP contribution < -0.4 is 5.32 Å². The molecule has 8 nitrogen and oxygen atoms in total. The Morgan fingerprint density at radius 2 is 1.94 bits per heavy atom. The summed E-state index contributed by atoms with van der Waals surface area (Å²) < 4.78 is 5.33. The van der Waals surface area contributed by atoms with Gasteiger partial charge in [0.1, 0.15) is 12.2 Å². The van der Waals surface area contributed by atoms with Crippen molar-refractivity contribution in [3.63, 3.8) is 0 Å². The summed E-state index contributed by atoms with van der Waals surface area (Å²) in [5.41, 5.74) is 3.30. The molecular weight excluding hydrogens is 394 g/mol. The number of amides is 2. The summed E-state index contributed by atoms with van der Waals surface area (Å²) in [6.45, 7) is 5.34. The summed E-state index contributed by atoms with van der Waals surface area (Å²) in [4.78, 5) is 33.5. The predicted octanol–water partition coefficient (Wildman–Crippen LogP) is 1.41. The van der Waals surface area contributed by atoms with Crippen molar-refractivity contribution in [2.75, 3.05) is 45.9 Å². The number of nitrogens with one attached hydrogen (secondary N) is 1. The van der Waals surface area contributed by atoms with Crippen LogP contribution in [0.5, 0.6) is 0 Å². The Hall–Kier alpha value is -3.28. The van der Waals surface area contributed by atoms with Crippen molar-refractivity contribution in [2.45, 2.75) is 13.0 Å². The Labute approximate surface area is 181 Å². The van der Waals surface area contributed by atoms with Gasteiger partial charge in [0, 0.05) is 37.3 Å². The van der Waals surface area contributed by atoms with Gasteiger partial charge in [-0.15, -0.1) is 0 Å². The average Bonchev–Trinajstić information content (AvgIpc) is 3.12. The molecule has 2 amide bonds. The fraction of sp³-hybridized carbons (Fsp3) is 0.391. The summed E-state index contributed by atoms with van der Waals surface area (Å²) in [7, 11) is 0. The highest BCUT2D eigenvalue weighted by Gasteiger charge is 2.30. The Balaban J connectivity index is 1.29. The van der Waals surface area contributed by atoms with E-state index in [1.165, 1.54) is 4.90 Å². The molecule has 0 radical (unpaired) electrons. The molecule has 8 heteroatoms. The first kappa shape index (κ1) is 21.0. The molecule has 0 bridgehead atoms. The zero-order valence-electron chi connectivity index (χ0n) is 17.3. The number of rotatable bonds is 7. The molecule has 31 heavy (non-hydrogen) atoms. The highest BCUT2D eigenvalue weighted by molar-refractivity contribution is 5.99. The van der Waals surface area contributed by atoms with E-state index in [4.69, 9.17) is 10.00 Å². The predicted molar refractivity (Wildman–Crippen MR) is 114 cm³/mol. The minimum atomic E-state index is -0.228. The molecule has 1 saturated heterocycles. The van der Waals surface area contributed by atoms with Gasteiger partial charge in [0.05, 0.1) is 30.5 Å². The number of pyridine rings is 1. The molecule has 0 spiro atoms. The highest BCUT2D eigenvalue weighted by Crippen LogP contribution is 2.25. The number of benzene rings is 1. The topological polar surface area (TPSA) is 98.6 Å². The molecule has 0 aliphatic carbocycles. The number of carbonyl (C=O) groups is 2. The average molecular weight is 419 g/mol. The number of hydrogen-bond acceptors (Lipinski definition) is 6. The van der Waals surface area contributed by atoms with Crippen LogP contribution in [0.3, 0.4) is 0 Å². The zero-order valence-corrected chi connectivity index (χ0v) is 17.3. The fourth-order valence-electron chi connectivity index (χ4n) is 3.82. The van der Waals surface area contributed by atoms with E-state index in [1.54, 1.807) is 12.1 Å². The van der Waals surface area contributed by atoms with Crippen LogP contribution in [0.1, 0.15) is 28.0 Å². The highest BCUT2D eigenvalue weighted by atomic mass is 16.5. The number of ether oxygens (including phenoxy) is 1. The molecule has 0 unspecified atom stereocenters. The zero-order chi connectivity index (χ0) is 21.6. The second kappa shape index (κ2) is 9.69. The van der Waals surface area contributed by atoms with Gasteiger partial charge in [-0.05, 0) is 31.2 Å². The first-order valence-corrected chi connectivity index (χ1v) is 10.5. The third-order valence-electron chi connectivity index (χ3n) is 5.55. The molecule has 2 aromatic rings. The smallest absolute Gasteiger partial charge is 0.273 e. The van der Waals surface area contributed by atoms with Crippen molar-refractivity contribution in [3.05, 3.63) is 53.2 Å². The minimum absolute atomic E-state index is 0.0267. The molecule has 2 aliphatic heterocycles. The fourth-order valence-corrected chi connectivity index (χ4v) is 3.82. The van der Waals surface area contributed by atoms with E-state index in [0.29, 0.717) is 30.0 Å². The quantitative estimate of drug-likeness (QED) is 0.682. The molecule has 1 fully saturated rings. The molecular formula is C23H25N5O3. The maximum atomic E-state index is 12.8. The van der Waals surface area contributed by atoms with Crippen LogP contribution in [0.25, 0.3) is 11.3 Å². The normalized spacial score (nSPS) is 16.1. The number of hydrogen-bond donors (Lipinski definition) is 1. The van der Waals surface area contributed by atoms with E-state index in [-0.39, 0.29) is 18.4 Å². The number of nitriles is 1. The summed E-state index contributed by atoms with van der Waals surface area (Å²) in [5, 5.41) is 11.8. The largest absolute Gasteiger partial charge is 0.379 e. The summed E-state index contributed by atoms with van der Waals surface area (Å²) in [6.07, 6.45) is 0.870. The van der Waals surface area contributed by atoms with Crippen LogP contribution in [0.15, 0.2) is 36.4 Å². The standard InChI is InChI=1S/C23H25N5O3/c24-14-17-2-4-18(5-3-17)20-7-6-19-15-28(23(30)22(19)26-20)16-21(29)25-8-1-9-27-10-12-31-13-11-27/h2-7H,1,8-13,15-16H2,(H,25,29). The molecule has 3 heterocycles. The lowest BCUT2D eigenvalue weighted by molar-refractivity contribution is -0.121. The number of nitrogens with zero attached hydrogens (tertiary/aromatic N) is 4. The van der Waals surface area contributed by atoms with Gasteiger partial charge in [0.25, 0.3) is 5.91 Å². The molecule has 1 aromatic carbocycles. The van der Waals surface area contributed by atoms with E-state index >= 15 is 0 Å². The summed E-state index contributed by atoms with van der Waals surface area (Å²) in [6, 6.07) is 12.9. The van der Waals surface area contributed by atoms with Gasteiger partial charge in [0.2, 0.25) is 5.91 Å². The molecule has 0 saturated carbocycles. The SMILES string of the molecule is N#Cc1ccc(-c2ccc3c(n2)C(=O)N(CC(=O)NCCCN2CCOCC2)C3)cc1. The Morgan fingerprint density at radius 3 is 2.68 bits per heavy atom. The third-order valence-corrected chi connectivity index (χ3v) is 5.55. The summed E-state index contributed by atoms with van der Waals surface area (Å²) in [5.74, 6) is -0.385. The molecule has 1 aromatic heterocycles. The van der Waals surface area contributed by atoms with Gasteiger partial charge in [0.15, 0.2) is 0 Å². The van der Waals surface area contributed by atoms with Crippen LogP contribution in [0.4, 0.5) is 0 Å². The van der Waals surface area contributed by atoms with E-state index in [9.17, 15) is 9.59 Å². The van der Waals surface area contributed by atoms with Gasteiger partial charge in [-0.1, -0.05) is 18.2 Å². The maximum absolute atomic E-state index is 12.8. The van der Waals surface area contributed by atoms with Gasteiger partial charge in [-0.3, -0.25) is 14.5 Å². The van der Waals surface area contributed by atoms with Crippen LogP contribution in [-0.2, 0) is 16.1 Å². The molecule has 2 aliphatic rings. The lowest BCUT2D eigenvalue weighted by atomic mass is 10.1. The number of carbonyl (C=O) groups excluding carboxylic acids is 2. The Bertz CT molecular complexity index is 993. The van der Waals surface area contributed by atoms with Crippen molar-refractivity contribution in [3.8, 4) is 17.3 Å². The van der Waals surface area contributed by atoms with Crippen LogP contribution in [-0.4, -0.2) is 72.5 Å². The molecule has 0 atom stereocenters. The van der Waals surface area contributed by atoms with Crippen molar-refractivity contribution in [2.24, 2.45) is 0 Å². The third kappa shape index (κ3) is 5.08. The lowest BCUT2D eigenvalue weighted by Gasteiger charge is -2.26. The summed E-state index contributed by atoms with van der Waals surface area (Å²) >= 11 is 0. The van der Waals surface area contributed by atoms with E-state index in [1.807, 2.05) is 24.3 Å². The number of aromatic nitrogens is 1. The number of fused-ring (bicyclic) bond motifs is 1. The van der Waals surface area contributed by atoms with Gasteiger partial charge in [-0.25, -0.2) is 4.98 Å². The lowest BCUT2D eigenvalue weighted by Crippen LogP contribution is -2.40. The second-order valence-corrected chi connectivity index (χ2v) is 7.71. The van der Waals surface area contributed by atoms with Crippen molar-refractivity contribution in [1.82, 2.24) is 20.1 Å². The van der Waals surface area contributed by atoms with Crippen LogP contribution >= 0.6 is 0 Å². The number of morpholine rings is 1. The van der Waals surface area contributed by atoms with Crippen molar-refractivity contribution < 1.29 is 14.3 Å². The van der Waals surface area contributed by atoms with E-state index in [0.717, 1.165) is 50.4 Å². The Kier molecular flexibility index (Phi) is 6.55. The second-order valence-electron chi connectivity index (χ2n) is 7.71. The van der Waals surface area contributed by atoms with Crippen LogP contribution in [0.2, 0.25) is 0 Å². The maximum Gasteiger partial charge on any atom is 0.273 e. The van der Waals surface area contributed by atoms with Crippen molar-refractivity contribution >= 4 is 11.8 Å². The minimum Gasteiger partial charge on any atom is -0.379 e. The van der Waals surface area contributed by atoms with Crippen LogP contribution in [0, 0.1) is 11.3 Å².